The molecule has 0 atom stereocenters. The minimum absolute atomic E-state index is 0. The minimum atomic E-state index is -1.02. The van der Waals surface area contributed by atoms with Crippen LogP contribution in [0, 0.1) is 35.6 Å². The van der Waals surface area contributed by atoms with Crippen LogP contribution in [0.1, 0.15) is 57.8 Å². The Morgan fingerprint density at radius 2 is 0.607 bits per heavy atom. The normalized spacial score (nSPS) is 19.1. The predicted molar refractivity (Wildman–Crippen MR) is 92.5 cm³/mol. The summed E-state index contributed by atoms with van der Waals surface area (Å²) in [5.74, 6) is 0. The van der Waals surface area contributed by atoms with Gasteiger partial charge in [-0.25, -0.2) is 0 Å². The van der Waals surface area contributed by atoms with Gasteiger partial charge in [-0.3, -0.25) is 0 Å². The van der Waals surface area contributed by atoms with E-state index in [0.717, 1.165) is 57.8 Å². The topological polar surface area (TPSA) is 130 Å². The van der Waals surface area contributed by atoms with Gasteiger partial charge in [-0.1, -0.05) is 0 Å². The summed E-state index contributed by atoms with van der Waals surface area (Å²) in [4.78, 5) is 34.6. The van der Waals surface area contributed by atoms with Crippen LogP contribution in [0.2, 0.25) is 0 Å². The van der Waals surface area contributed by atoms with Gasteiger partial charge < -0.3 is 44.4 Å². The number of likely N-dealkylation sites (tertiary alicyclic amines) is 3. The first-order valence-corrected chi connectivity index (χ1v) is 9.79. The van der Waals surface area contributed by atoms with Gasteiger partial charge in [-0.05, 0) is 57.8 Å². The molecule has 10 heteroatoms. The average molecular weight is 523 g/mol. The Hall–Kier alpha value is -0.995. The van der Waals surface area contributed by atoms with Gasteiger partial charge >= 0.3 is 35.6 Å². The van der Waals surface area contributed by atoms with Crippen molar-refractivity contribution in [2.45, 2.75) is 57.8 Å². The van der Waals surface area contributed by atoms with Crippen LogP contribution in [-0.2, 0) is 0 Å². The van der Waals surface area contributed by atoms with E-state index in [-0.39, 0.29) is 35.6 Å². The molecule has 0 radical (unpaired) electrons. The van der Waals surface area contributed by atoms with Gasteiger partial charge in [0.1, 0.15) is 18.3 Å². The summed E-state index contributed by atoms with van der Waals surface area (Å²) in [6.45, 7) is 4.01. The van der Waals surface area contributed by atoms with E-state index in [1.54, 1.807) is 0 Å². The molecule has 0 aromatic heterocycles. The summed E-state index contributed by atoms with van der Waals surface area (Å²) in [5.41, 5.74) is 0. The molecule has 3 fully saturated rings. The Morgan fingerprint density at radius 1 is 0.429 bits per heavy atom. The van der Waals surface area contributed by atoms with E-state index in [9.17, 15) is 29.7 Å². The van der Waals surface area contributed by atoms with Gasteiger partial charge in [0, 0.05) is 39.3 Å². The van der Waals surface area contributed by atoms with E-state index >= 15 is 0 Å². The zero-order chi connectivity index (χ0) is 20.1. The molecule has 3 heterocycles. The molecule has 0 spiro atoms. The fourth-order valence-electron chi connectivity index (χ4n) is 3.23. The van der Waals surface area contributed by atoms with Crippen molar-refractivity contribution in [3.8, 4) is 0 Å². The average Bonchev–Trinajstić information content (AvgIpc) is 2.71. The van der Waals surface area contributed by atoms with E-state index in [0.29, 0.717) is 39.3 Å². The van der Waals surface area contributed by atoms with Gasteiger partial charge in [0.2, 0.25) is 0 Å². The summed E-state index contributed by atoms with van der Waals surface area (Å²) < 4.78 is 0. The molecule has 0 N–H and O–H groups in total. The second-order valence-corrected chi connectivity index (χ2v) is 6.94. The second kappa shape index (κ2) is 15.9. The maximum atomic E-state index is 10.2. The fraction of sp³-hybridized carbons (Fsp3) is 0.833. The van der Waals surface area contributed by atoms with E-state index in [4.69, 9.17) is 0 Å². The first-order chi connectivity index (χ1) is 12.9. The molecule has 0 bridgehead atoms. The molecule has 28 heavy (non-hydrogen) atoms. The number of amides is 3. The number of nitrogens with zero attached hydrogens (tertiary/aromatic N) is 3. The van der Waals surface area contributed by atoms with Crippen LogP contribution < -0.4 is 15.3 Å². The monoisotopic (exact) mass is 523 g/mol. The Balaban J connectivity index is 0.000000384. The summed E-state index contributed by atoms with van der Waals surface area (Å²) in [6.07, 6.45) is 6.38. The van der Waals surface area contributed by atoms with Crippen molar-refractivity contribution in [3.05, 3.63) is 0 Å². The quantitative estimate of drug-likeness (QED) is 0.419. The van der Waals surface area contributed by atoms with Crippen molar-refractivity contribution in [1.29, 1.82) is 0 Å². The molecular weight excluding hydrogens is 493 g/mol. The number of piperidine rings is 3. The zero-order valence-corrected chi connectivity index (χ0v) is 20.1. The van der Waals surface area contributed by atoms with Crippen molar-refractivity contribution in [3.63, 3.8) is 0 Å². The molecule has 3 saturated heterocycles. The molecule has 3 aliphatic heterocycles. The van der Waals surface area contributed by atoms with Crippen LogP contribution in [0.4, 0.5) is 14.4 Å². The van der Waals surface area contributed by atoms with Crippen LogP contribution in [0.5, 0.6) is 0 Å². The molecular formula is C18H30LaN3O6. The fourth-order valence-corrected chi connectivity index (χ4v) is 3.23. The summed E-state index contributed by atoms with van der Waals surface area (Å²) >= 11 is 0. The first-order valence-electron chi connectivity index (χ1n) is 9.79. The molecule has 0 aliphatic carbocycles. The number of rotatable bonds is 0. The maximum absolute atomic E-state index is 10.2. The van der Waals surface area contributed by atoms with Crippen molar-refractivity contribution in [1.82, 2.24) is 14.7 Å². The summed E-state index contributed by atoms with van der Waals surface area (Å²) in [5, 5.41) is 30.5. The van der Waals surface area contributed by atoms with Crippen LogP contribution in [0.3, 0.4) is 0 Å². The van der Waals surface area contributed by atoms with Crippen molar-refractivity contribution >= 4 is 18.3 Å². The number of hydrogen-bond donors (Lipinski definition) is 0. The first kappa shape index (κ1) is 27.0. The second-order valence-electron chi connectivity index (χ2n) is 6.94. The molecule has 0 aromatic rings. The summed E-state index contributed by atoms with van der Waals surface area (Å²) in [7, 11) is 0. The van der Waals surface area contributed by atoms with Crippen molar-refractivity contribution in [2.24, 2.45) is 0 Å². The van der Waals surface area contributed by atoms with E-state index in [1.807, 2.05) is 0 Å². The van der Waals surface area contributed by atoms with Crippen LogP contribution in [-0.4, -0.2) is 72.2 Å². The van der Waals surface area contributed by atoms with Crippen molar-refractivity contribution in [2.75, 3.05) is 39.3 Å². The Morgan fingerprint density at radius 3 is 0.714 bits per heavy atom. The van der Waals surface area contributed by atoms with E-state index in [2.05, 4.69) is 0 Å². The third-order valence-corrected chi connectivity index (χ3v) is 4.84. The molecule has 0 unspecified atom stereocenters. The van der Waals surface area contributed by atoms with Crippen LogP contribution in [0.15, 0.2) is 0 Å². The van der Waals surface area contributed by atoms with Gasteiger partial charge in [0.15, 0.2) is 0 Å². The number of hydrogen-bond acceptors (Lipinski definition) is 6. The third kappa shape index (κ3) is 11.8. The molecule has 156 valence electrons. The Kier molecular flexibility index (Phi) is 15.3. The van der Waals surface area contributed by atoms with Gasteiger partial charge in [0.05, 0.1) is 0 Å². The molecule has 3 rings (SSSR count). The smallest absolute Gasteiger partial charge is 0.530 e. The SMILES string of the molecule is O=C([O-])N1CCCCC1.O=C([O-])N1CCCCC1.O=C([O-])N1CCCCC1.[La+3]. The van der Waals surface area contributed by atoms with Crippen LogP contribution in [0.25, 0.3) is 0 Å². The largest absolute Gasteiger partial charge is 3.00 e. The zero-order valence-electron chi connectivity index (χ0n) is 16.5. The summed E-state index contributed by atoms with van der Waals surface area (Å²) in [6, 6.07) is 0. The van der Waals surface area contributed by atoms with Crippen molar-refractivity contribution < 1.29 is 65.3 Å². The Bertz CT molecular complexity index is 396. The molecule has 0 saturated carbocycles. The maximum Gasteiger partial charge on any atom is 3.00 e. The van der Waals surface area contributed by atoms with Gasteiger partial charge in [-0.15, -0.1) is 0 Å². The van der Waals surface area contributed by atoms with Gasteiger partial charge in [0.25, 0.3) is 0 Å². The minimum Gasteiger partial charge on any atom is -0.530 e. The number of carbonyl (C=O) groups excluding carboxylic acids is 3. The molecule has 3 aliphatic rings. The molecule has 9 nitrogen and oxygen atoms in total. The Labute approximate surface area is 194 Å². The van der Waals surface area contributed by atoms with Gasteiger partial charge in [-0.2, -0.15) is 0 Å². The molecule has 3 amide bonds. The van der Waals surface area contributed by atoms with Crippen LogP contribution >= 0.6 is 0 Å². The third-order valence-electron chi connectivity index (χ3n) is 4.84. The predicted octanol–water partition coefficient (Wildman–Crippen LogP) is -0.553. The number of carbonyl (C=O) groups is 3. The molecule has 0 aromatic carbocycles. The number of carboxylic acid groups (broad SMARTS) is 3. The van der Waals surface area contributed by atoms with E-state index < -0.39 is 18.3 Å². The standard InChI is InChI=1S/3C6H11NO2.La/c3*8-6(9)7-4-2-1-3-5-7;/h3*1-5H2,(H,8,9);/q;;;+3/p-3. The van der Waals surface area contributed by atoms with E-state index in [1.165, 1.54) is 14.7 Å².